The van der Waals surface area contributed by atoms with Gasteiger partial charge in [-0.1, -0.05) is 0 Å². The first-order chi connectivity index (χ1) is 7.33. The summed E-state index contributed by atoms with van der Waals surface area (Å²) in [6.07, 6.45) is 3.53. The number of hydrogen-bond acceptors (Lipinski definition) is 4. The first-order valence-corrected chi connectivity index (χ1v) is 5.68. The van der Waals surface area contributed by atoms with E-state index in [1.807, 2.05) is 13.1 Å². The van der Waals surface area contributed by atoms with Gasteiger partial charge < -0.3 is 5.32 Å². The molecular formula is C11H13N3S. The van der Waals surface area contributed by atoms with E-state index in [0.717, 1.165) is 5.56 Å². The Kier molecular flexibility index (Phi) is 3.08. The summed E-state index contributed by atoms with van der Waals surface area (Å²) < 4.78 is 0. The van der Waals surface area contributed by atoms with Gasteiger partial charge in [-0.15, -0.1) is 11.3 Å². The third kappa shape index (κ3) is 2.06. The van der Waals surface area contributed by atoms with Crippen molar-refractivity contribution in [3.05, 3.63) is 45.9 Å². The monoisotopic (exact) mass is 219 g/mol. The van der Waals surface area contributed by atoms with Crippen LogP contribution in [0.2, 0.25) is 0 Å². The maximum absolute atomic E-state index is 3.91. The predicted molar refractivity (Wildman–Crippen MR) is 62.0 cm³/mol. The van der Waals surface area contributed by atoms with Crippen LogP contribution in [0, 0.1) is 6.92 Å². The highest BCUT2D eigenvalue weighted by Crippen LogP contribution is 2.28. The summed E-state index contributed by atoms with van der Waals surface area (Å²) in [5.74, 6) is 0. The number of hydrogen-bond donors (Lipinski definition) is 1. The van der Waals surface area contributed by atoms with Crippen molar-refractivity contribution in [2.75, 3.05) is 7.05 Å². The van der Waals surface area contributed by atoms with Gasteiger partial charge in [-0.2, -0.15) is 10.2 Å². The quantitative estimate of drug-likeness (QED) is 0.859. The smallest absolute Gasteiger partial charge is 0.0687 e. The minimum Gasteiger partial charge on any atom is -0.309 e. The fourth-order valence-electron chi connectivity index (χ4n) is 1.60. The van der Waals surface area contributed by atoms with E-state index in [9.17, 15) is 0 Å². The first-order valence-electron chi connectivity index (χ1n) is 4.80. The molecule has 0 amide bonds. The summed E-state index contributed by atoms with van der Waals surface area (Å²) in [6.45, 7) is 2.13. The second kappa shape index (κ2) is 4.51. The fourth-order valence-corrected chi connectivity index (χ4v) is 2.66. The zero-order valence-electron chi connectivity index (χ0n) is 8.77. The average Bonchev–Trinajstić information content (AvgIpc) is 2.68. The molecule has 0 bridgehead atoms. The minimum absolute atomic E-state index is 0.223. The summed E-state index contributed by atoms with van der Waals surface area (Å²) in [7, 11) is 1.96. The normalized spacial score (nSPS) is 12.7. The number of nitrogens with one attached hydrogen (secondary N) is 1. The molecule has 2 heterocycles. The molecule has 0 fully saturated rings. The van der Waals surface area contributed by atoms with Crippen LogP contribution >= 0.6 is 11.3 Å². The highest BCUT2D eigenvalue weighted by molar-refractivity contribution is 7.10. The van der Waals surface area contributed by atoms with E-state index in [4.69, 9.17) is 0 Å². The van der Waals surface area contributed by atoms with Crippen molar-refractivity contribution in [2.45, 2.75) is 13.0 Å². The fraction of sp³-hybridized carbons (Fsp3) is 0.273. The topological polar surface area (TPSA) is 37.8 Å². The van der Waals surface area contributed by atoms with Gasteiger partial charge in [0.15, 0.2) is 0 Å². The summed E-state index contributed by atoms with van der Waals surface area (Å²) in [6, 6.07) is 4.35. The van der Waals surface area contributed by atoms with Gasteiger partial charge in [0.2, 0.25) is 0 Å². The van der Waals surface area contributed by atoms with Crippen LogP contribution in [-0.2, 0) is 0 Å². The van der Waals surface area contributed by atoms with Crippen LogP contribution in [-0.4, -0.2) is 17.2 Å². The molecular weight excluding hydrogens is 206 g/mol. The van der Waals surface area contributed by atoms with Crippen LogP contribution in [0.3, 0.4) is 0 Å². The number of aromatic nitrogens is 2. The van der Waals surface area contributed by atoms with Gasteiger partial charge in [0.25, 0.3) is 0 Å². The Balaban J connectivity index is 2.37. The van der Waals surface area contributed by atoms with Crippen molar-refractivity contribution < 1.29 is 0 Å². The Morgan fingerprint density at radius 1 is 1.33 bits per heavy atom. The molecule has 1 unspecified atom stereocenters. The molecule has 1 N–H and O–H groups in total. The molecule has 2 aromatic rings. The lowest BCUT2D eigenvalue weighted by molar-refractivity contribution is 0.693. The molecule has 0 aliphatic heterocycles. The van der Waals surface area contributed by atoms with Crippen LogP contribution in [0.25, 0.3) is 0 Å². The SMILES string of the molecule is CNC(c1ccnnc1)c1sccc1C. The summed E-state index contributed by atoms with van der Waals surface area (Å²) in [5, 5.41) is 13.1. The van der Waals surface area contributed by atoms with Crippen LogP contribution in [0.4, 0.5) is 0 Å². The van der Waals surface area contributed by atoms with Crippen molar-refractivity contribution in [3.63, 3.8) is 0 Å². The molecule has 0 aliphatic rings. The molecule has 4 heteroatoms. The van der Waals surface area contributed by atoms with E-state index < -0.39 is 0 Å². The molecule has 0 radical (unpaired) electrons. The van der Waals surface area contributed by atoms with E-state index in [1.165, 1.54) is 10.4 Å². The maximum atomic E-state index is 3.91. The highest BCUT2D eigenvalue weighted by Gasteiger charge is 2.15. The van der Waals surface area contributed by atoms with Crippen LogP contribution in [0.5, 0.6) is 0 Å². The number of thiophene rings is 1. The Hall–Kier alpha value is -1.26. The van der Waals surface area contributed by atoms with Gasteiger partial charge in [-0.25, -0.2) is 0 Å². The van der Waals surface area contributed by atoms with E-state index >= 15 is 0 Å². The lowest BCUT2D eigenvalue weighted by Gasteiger charge is -2.15. The van der Waals surface area contributed by atoms with Crippen LogP contribution < -0.4 is 5.32 Å². The van der Waals surface area contributed by atoms with Gasteiger partial charge in [0.1, 0.15) is 0 Å². The molecule has 0 spiro atoms. The van der Waals surface area contributed by atoms with Crippen molar-refractivity contribution >= 4 is 11.3 Å². The Morgan fingerprint density at radius 3 is 2.73 bits per heavy atom. The Bertz CT molecular complexity index is 424. The van der Waals surface area contributed by atoms with Crippen molar-refractivity contribution in [3.8, 4) is 0 Å². The van der Waals surface area contributed by atoms with Crippen LogP contribution in [0.15, 0.2) is 29.9 Å². The molecule has 0 aromatic carbocycles. The van der Waals surface area contributed by atoms with E-state index in [1.54, 1.807) is 23.7 Å². The Labute approximate surface area is 93.2 Å². The molecule has 0 saturated heterocycles. The summed E-state index contributed by atoms with van der Waals surface area (Å²) in [4.78, 5) is 1.34. The zero-order valence-corrected chi connectivity index (χ0v) is 9.58. The molecule has 15 heavy (non-hydrogen) atoms. The van der Waals surface area contributed by atoms with Gasteiger partial charge in [0.05, 0.1) is 12.2 Å². The van der Waals surface area contributed by atoms with Crippen molar-refractivity contribution in [1.29, 1.82) is 0 Å². The average molecular weight is 219 g/mol. The second-order valence-corrected chi connectivity index (χ2v) is 4.31. The van der Waals surface area contributed by atoms with E-state index in [-0.39, 0.29) is 6.04 Å². The number of aryl methyl sites for hydroxylation is 1. The number of rotatable bonds is 3. The van der Waals surface area contributed by atoms with Gasteiger partial charge in [-0.05, 0) is 42.6 Å². The van der Waals surface area contributed by atoms with Gasteiger partial charge in [0, 0.05) is 11.1 Å². The highest BCUT2D eigenvalue weighted by atomic mass is 32.1. The van der Waals surface area contributed by atoms with Gasteiger partial charge >= 0.3 is 0 Å². The lowest BCUT2D eigenvalue weighted by Crippen LogP contribution is -2.17. The molecule has 0 aliphatic carbocycles. The number of nitrogens with zero attached hydrogens (tertiary/aromatic N) is 2. The van der Waals surface area contributed by atoms with Crippen LogP contribution in [0.1, 0.15) is 22.0 Å². The molecule has 78 valence electrons. The second-order valence-electron chi connectivity index (χ2n) is 3.37. The molecule has 2 rings (SSSR count). The third-order valence-electron chi connectivity index (χ3n) is 2.39. The largest absolute Gasteiger partial charge is 0.309 e. The maximum Gasteiger partial charge on any atom is 0.0687 e. The summed E-state index contributed by atoms with van der Waals surface area (Å²) in [5.41, 5.74) is 2.47. The van der Waals surface area contributed by atoms with E-state index in [0.29, 0.717) is 0 Å². The summed E-state index contributed by atoms with van der Waals surface area (Å²) >= 11 is 1.77. The zero-order chi connectivity index (χ0) is 10.7. The molecule has 1 atom stereocenters. The van der Waals surface area contributed by atoms with Crippen molar-refractivity contribution in [1.82, 2.24) is 15.5 Å². The predicted octanol–water partition coefficient (Wildman–Crippen LogP) is 2.16. The van der Waals surface area contributed by atoms with Gasteiger partial charge in [-0.3, -0.25) is 0 Å². The molecule has 0 saturated carbocycles. The molecule has 2 aromatic heterocycles. The molecule has 3 nitrogen and oxygen atoms in total. The first kappa shape index (κ1) is 10.3. The lowest BCUT2D eigenvalue weighted by atomic mass is 10.1. The standard InChI is InChI=1S/C11H13N3S/c1-8-4-6-15-11(8)10(12-2)9-3-5-13-14-7-9/h3-7,10,12H,1-2H3. The minimum atomic E-state index is 0.223. The Morgan fingerprint density at radius 2 is 2.20 bits per heavy atom. The van der Waals surface area contributed by atoms with E-state index in [2.05, 4.69) is 33.9 Å². The third-order valence-corrected chi connectivity index (χ3v) is 3.48. The van der Waals surface area contributed by atoms with Crippen molar-refractivity contribution in [2.24, 2.45) is 0 Å².